The smallest absolute Gasteiger partial charge is 0.253 e. The number of amides is 1. The number of rotatable bonds is 2. The molecule has 1 aliphatic rings. The second-order valence-corrected chi connectivity index (χ2v) is 6.60. The molecule has 1 saturated carbocycles. The topological polar surface area (TPSA) is 29.1 Å². The first-order valence-electron chi connectivity index (χ1n) is 5.97. The fraction of sp³-hybridized carbons (Fsp3) is 0.462. The molecule has 1 amide bonds. The quantitative estimate of drug-likeness (QED) is 0.785. The highest BCUT2D eigenvalue weighted by Gasteiger charge is 2.22. The molecule has 2 nitrogen and oxygen atoms in total. The Morgan fingerprint density at radius 3 is 2.56 bits per heavy atom. The summed E-state index contributed by atoms with van der Waals surface area (Å²) in [4.78, 5) is 12.7. The Morgan fingerprint density at radius 1 is 1.22 bits per heavy atom. The van der Waals surface area contributed by atoms with E-state index in [0.29, 0.717) is 20.4 Å². The molecule has 5 heteroatoms. The summed E-state index contributed by atoms with van der Waals surface area (Å²) < 4.78 is 0. The highest BCUT2D eigenvalue weighted by atomic mass is 79.9. The number of carbonyl (C=O) groups excluding carboxylic acids is 1. The summed E-state index contributed by atoms with van der Waals surface area (Å²) in [5.74, 6) is -0.138. The molecule has 0 heterocycles. The van der Waals surface area contributed by atoms with Gasteiger partial charge in [0, 0.05) is 10.9 Å². The van der Waals surface area contributed by atoms with Crippen LogP contribution in [-0.4, -0.2) is 16.8 Å². The predicted octanol–water partition coefficient (Wildman–Crippen LogP) is 4.43. The van der Waals surface area contributed by atoms with Crippen molar-refractivity contribution in [1.29, 1.82) is 0 Å². The van der Waals surface area contributed by atoms with E-state index >= 15 is 0 Å². The van der Waals surface area contributed by atoms with Crippen molar-refractivity contribution >= 4 is 45.0 Å². The van der Waals surface area contributed by atoms with E-state index in [0.717, 1.165) is 25.7 Å². The first kappa shape index (κ1) is 14.2. The predicted molar refractivity (Wildman–Crippen MR) is 78.9 cm³/mol. The summed E-state index contributed by atoms with van der Waals surface area (Å²) in [6.45, 7) is 0. The number of halogens is 3. The van der Waals surface area contributed by atoms with E-state index in [2.05, 4.69) is 21.2 Å². The molecule has 0 spiro atoms. The third-order valence-electron chi connectivity index (χ3n) is 3.19. The molecule has 98 valence electrons. The molecule has 0 aromatic heterocycles. The van der Waals surface area contributed by atoms with Crippen molar-refractivity contribution in [3.8, 4) is 0 Å². The zero-order valence-electron chi connectivity index (χ0n) is 9.76. The normalized spacial score (nSPS) is 23.7. The van der Waals surface area contributed by atoms with Gasteiger partial charge in [0.05, 0.1) is 15.6 Å². The van der Waals surface area contributed by atoms with Gasteiger partial charge in [0.15, 0.2) is 0 Å². The second kappa shape index (κ2) is 6.27. The maximum atomic E-state index is 12.1. The molecule has 0 atom stereocenters. The Hall–Kier alpha value is -0.250. The summed E-state index contributed by atoms with van der Waals surface area (Å²) in [7, 11) is 0. The van der Waals surface area contributed by atoms with Gasteiger partial charge in [-0.3, -0.25) is 4.79 Å². The summed E-state index contributed by atoms with van der Waals surface area (Å²) in [6, 6.07) is 5.34. The lowest BCUT2D eigenvalue weighted by Crippen LogP contribution is -2.37. The molecule has 0 radical (unpaired) electrons. The fourth-order valence-electron chi connectivity index (χ4n) is 2.14. The van der Waals surface area contributed by atoms with Crippen LogP contribution in [0.25, 0.3) is 0 Å². The number of carbonyl (C=O) groups is 1. The lowest BCUT2D eigenvalue weighted by atomic mass is 9.95. The average Bonchev–Trinajstić information content (AvgIpc) is 2.35. The van der Waals surface area contributed by atoms with Crippen LogP contribution in [-0.2, 0) is 0 Å². The third kappa shape index (κ3) is 3.40. The van der Waals surface area contributed by atoms with Crippen molar-refractivity contribution in [1.82, 2.24) is 5.32 Å². The molecule has 1 aliphatic carbocycles. The first-order chi connectivity index (χ1) is 8.58. The molecule has 1 aromatic carbocycles. The van der Waals surface area contributed by atoms with Crippen molar-refractivity contribution in [2.75, 3.05) is 0 Å². The number of hydrogen-bond acceptors (Lipinski definition) is 1. The van der Waals surface area contributed by atoms with Gasteiger partial charge in [-0.2, -0.15) is 0 Å². The maximum absolute atomic E-state index is 12.1. The summed E-state index contributed by atoms with van der Waals surface area (Å²) in [5.41, 5.74) is 0.449. The van der Waals surface area contributed by atoms with Gasteiger partial charge in [0.25, 0.3) is 5.91 Å². The molecule has 1 aromatic rings. The van der Waals surface area contributed by atoms with E-state index < -0.39 is 0 Å². The number of hydrogen-bond donors (Lipinski definition) is 1. The van der Waals surface area contributed by atoms with Crippen molar-refractivity contribution in [2.45, 2.75) is 36.6 Å². The van der Waals surface area contributed by atoms with E-state index in [4.69, 9.17) is 23.2 Å². The highest BCUT2D eigenvalue weighted by Crippen LogP contribution is 2.27. The summed E-state index contributed by atoms with van der Waals surface area (Å²) in [5, 5.41) is 3.76. The standard InChI is InChI=1S/C13H14BrCl2NO/c14-8-4-6-9(7-5-8)17-13(18)10-2-1-3-11(15)12(10)16/h1-3,8-9H,4-7H2,(H,17,18). The number of benzene rings is 1. The van der Waals surface area contributed by atoms with Crippen molar-refractivity contribution < 1.29 is 4.79 Å². The second-order valence-electron chi connectivity index (χ2n) is 4.52. The van der Waals surface area contributed by atoms with E-state index in [-0.39, 0.29) is 11.9 Å². The van der Waals surface area contributed by atoms with E-state index in [1.165, 1.54) is 0 Å². The molecule has 0 saturated heterocycles. The molecule has 0 unspecified atom stereocenters. The minimum Gasteiger partial charge on any atom is -0.349 e. The van der Waals surface area contributed by atoms with Gasteiger partial charge in [-0.1, -0.05) is 45.2 Å². The van der Waals surface area contributed by atoms with Crippen molar-refractivity contribution in [3.63, 3.8) is 0 Å². The monoisotopic (exact) mass is 349 g/mol. The first-order valence-corrected chi connectivity index (χ1v) is 7.64. The molecule has 0 bridgehead atoms. The highest BCUT2D eigenvalue weighted by molar-refractivity contribution is 9.09. The van der Waals surface area contributed by atoms with Crippen LogP contribution in [0.3, 0.4) is 0 Å². The minimum atomic E-state index is -0.138. The zero-order valence-corrected chi connectivity index (χ0v) is 12.9. The number of alkyl halides is 1. The van der Waals surface area contributed by atoms with Crippen LogP contribution >= 0.6 is 39.1 Å². The lowest BCUT2D eigenvalue weighted by Gasteiger charge is -2.26. The zero-order chi connectivity index (χ0) is 13.1. The lowest BCUT2D eigenvalue weighted by molar-refractivity contribution is 0.0928. The van der Waals surface area contributed by atoms with Crippen molar-refractivity contribution in [2.24, 2.45) is 0 Å². The average molecular weight is 351 g/mol. The van der Waals surface area contributed by atoms with Crippen LogP contribution in [0.4, 0.5) is 0 Å². The fourth-order valence-corrected chi connectivity index (χ4v) is 3.05. The van der Waals surface area contributed by atoms with Crippen LogP contribution in [0.1, 0.15) is 36.0 Å². The molecule has 1 N–H and O–H groups in total. The maximum Gasteiger partial charge on any atom is 0.253 e. The minimum absolute atomic E-state index is 0.138. The molecule has 0 aliphatic heterocycles. The molecular weight excluding hydrogens is 337 g/mol. The molecule has 18 heavy (non-hydrogen) atoms. The van der Waals surface area contributed by atoms with Crippen LogP contribution in [0.5, 0.6) is 0 Å². The third-order valence-corrected chi connectivity index (χ3v) is 4.92. The molecule has 2 rings (SSSR count). The van der Waals surface area contributed by atoms with Crippen LogP contribution in [0, 0.1) is 0 Å². The van der Waals surface area contributed by atoms with Gasteiger partial charge in [-0.25, -0.2) is 0 Å². The summed E-state index contributed by atoms with van der Waals surface area (Å²) in [6.07, 6.45) is 4.18. The Bertz CT molecular complexity index is 445. The van der Waals surface area contributed by atoms with Gasteiger partial charge in [-0.15, -0.1) is 0 Å². The Kier molecular flexibility index (Phi) is 4.93. The van der Waals surface area contributed by atoms with Gasteiger partial charge in [-0.05, 0) is 37.8 Å². The molecular formula is C13H14BrCl2NO. The van der Waals surface area contributed by atoms with E-state index in [9.17, 15) is 4.79 Å². The van der Waals surface area contributed by atoms with Crippen molar-refractivity contribution in [3.05, 3.63) is 33.8 Å². The Labute approximate surface area is 125 Å². The summed E-state index contributed by atoms with van der Waals surface area (Å²) >= 11 is 15.5. The van der Waals surface area contributed by atoms with Crippen LogP contribution in [0.15, 0.2) is 18.2 Å². The Morgan fingerprint density at radius 2 is 1.89 bits per heavy atom. The van der Waals surface area contributed by atoms with Crippen LogP contribution < -0.4 is 5.32 Å². The largest absolute Gasteiger partial charge is 0.349 e. The Balaban J connectivity index is 2.01. The van der Waals surface area contributed by atoms with Gasteiger partial charge in [0.2, 0.25) is 0 Å². The van der Waals surface area contributed by atoms with E-state index in [1.54, 1.807) is 18.2 Å². The van der Waals surface area contributed by atoms with Gasteiger partial charge >= 0.3 is 0 Å². The SMILES string of the molecule is O=C(NC1CCC(Br)CC1)c1cccc(Cl)c1Cl. The van der Waals surface area contributed by atoms with Gasteiger partial charge < -0.3 is 5.32 Å². The molecule has 1 fully saturated rings. The number of nitrogens with one attached hydrogen (secondary N) is 1. The van der Waals surface area contributed by atoms with Gasteiger partial charge in [0.1, 0.15) is 0 Å². The van der Waals surface area contributed by atoms with Crippen LogP contribution in [0.2, 0.25) is 10.0 Å². The van der Waals surface area contributed by atoms with E-state index in [1.807, 2.05) is 0 Å².